The van der Waals surface area contributed by atoms with E-state index in [4.69, 9.17) is 4.74 Å². The number of piperidine rings is 1. The molecule has 2 heterocycles. The van der Waals surface area contributed by atoms with E-state index in [0.717, 1.165) is 50.9 Å². The number of carbonyl (C=O) groups excluding carboxylic acids is 2. The molecule has 0 bridgehead atoms. The third-order valence-electron chi connectivity index (χ3n) is 6.91. The highest BCUT2D eigenvalue weighted by Crippen LogP contribution is 2.32. The fourth-order valence-corrected chi connectivity index (χ4v) is 6.60. The Kier molecular flexibility index (Phi) is 7.47. The largest absolute Gasteiger partial charge is 0.465 e. The highest BCUT2D eigenvalue weighted by Gasteiger charge is 2.31. The van der Waals surface area contributed by atoms with Crippen molar-refractivity contribution < 1.29 is 22.7 Å². The van der Waals surface area contributed by atoms with Crippen molar-refractivity contribution in [1.82, 2.24) is 4.31 Å². The molecule has 188 valence electrons. The number of rotatable bonds is 6. The first-order valence-electron chi connectivity index (χ1n) is 12.1. The Hall–Kier alpha value is -2.91. The maximum absolute atomic E-state index is 13.4. The molecule has 0 aromatic heterocycles. The number of benzene rings is 2. The van der Waals surface area contributed by atoms with Gasteiger partial charge >= 0.3 is 5.97 Å². The molecule has 0 aliphatic carbocycles. The number of sulfonamides is 1. The van der Waals surface area contributed by atoms with E-state index >= 15 is 0 Å². The van der Waals surface area contributed by atoms with Crippen LogP contribution in [0.3, 0.4) is 0 Å². The minimum absolute atomic E-state index is 0.0728. The van der Waals surface area contributed by atoms with Crippen molar-refractivity contribution in [2.24, 2.45) is 0 Å². The van der Waals surface area contributed by atoms with Crippen molar-refractivity contribution in [3.63, 3.8) is 0 Å². The zero-order chi connectivity index (χ0) is 25.2. The van der Waals surface area contributed by atoms with Gasteiger partial charge < -0.3 is 15.0 Å². The number of aryl methyl sites for hydroxylation is 1. The third-order valence-corrected chi connectivity index (χ3v) is 8.92. The minimum atomic E-state index is -3.72. The average Bonchev–Trinajstić information content (AvgIpc) is 3.38. The molecule has 9 heteroatoms. The molecule has 2 saturated heterocycles. The molecule has 0 saturated carbocycles. The predicted molar refractivity (Wildman–Crippen MR) is 136 cm³/mol. The van der Waals surface area contributed by atoms with Crippen molar-refractivity contribution in [3.8, 4) is 0 Å². The second-order valence-electron chi connectivity index (χ2n) is 9.31. The zero-order valence-corrected chi connectivity index (χ0v) is 21.4. The molecule has 35 heavy (non-hydrogen) atoms. The van der Waals surface area contributed by atoms with Crippen molar-refractivity contribution >= 4 is 33.3 Å². The molecule has 8 nitrogen and oxygen atoms in total. The molecule has 2 aliphatic heterocycles. The maximum Gasteiger partial charge on any atom is 0.337 e. The van der Waals surface area contributed by atoms with Gasteiger partial charge in [-0.25, -0.2) is 13.2 Å². The van der Waals surface area contributed by atoms with Crippen molar-refractivity contribution in [2.45, 2.75) is 56.9 Å². The monoisotopic (exact) mass is 499 g/mol. The van der Waals surface area contributed by atoms with Crippen LogP contribution < -0.4 is 10.2 Å². The Morgan fingerprint density at radius 1 is 1.00 bits per heavy atom. The molecule has 0 spiro atoms. The Labute approximate surface area is 207 Å². The summed E-state index contributed by atoms with van der Waals surface area (Å²) in [5, 5.41) is 2.93. The van der Waals surface area contributed by atoms with Gasteiger partial charge in [0, 0.05) is 31.2 Å². The maximum atomic E-state index is 13.4. The standard InChI is InChI=1S/C26H33N3O5S/c1-18-9-11-21(35(32,33)29-15-5-4-8-19(29)2)17-22(18)25(30)27-23-16-20(26(31)34-3)10-12-24(23)28-13-6-7-14-28/h9-12,16-17,19H,4-8,13-15H2,1-3H3,(H,27,30). The summed E-state index contributed by atoms with van der Waals surface area (Å²) >= 11 is 0. The van der Waals surface area contributed by atoms with E-state index in [1.54, 1.807) is 31.2 Å². The quantitative estimate of drug-likeness (QED) is 0.599. The lowest BCUT2D eigenvalue weighted by Gasteiger charge is -2.32. The highest BCUT2D eigenvalue weighted by atomic mass is 32.2. The van der Waals surface area contributed by atoms with Crippen molar-refractivity contribution in [2.75, 3.05) is 37.0 Å². The number of methoxy groups -OCH3 is 1. The van der Waals surface area contributed by atoms with Crippen LogP contribution in [0, 0.1) is 6.92 Å². The first kappa shape index (κ1) is 25.2. The van der Waals surface area contributed by atoms with E-state index in [-0.39, 0.29) is 16.5 Å². The van der Waals surface area contributed by atoms with Gasteiger partial charge in [0.1, 0.15) is 0 Å². The number of ether oxygens (including phenoxy) is 1. The van der Waals surface area contributed by atoms with E-state index in [1.165, 1.54) is 17.5 Å². The smallest absolute Gasteiger partial charge is 0.337 e. The molecule has 0 radical (unpaired) electrons. The summed E-state index contributed by atoms with van der Waals surface area (Å²) in [4.78, 5) is 27.8. The van der Waals surface area contributed by atoms with E-state index in [0.29, 0.717) is 23.4 Å². The van der Waals surface area contributed by atoms with Crippen LogP contribution in [0.2, 0.25) is 0 Å². The van der Waals surface area contributed by atoms with Gasteiger partial charge in [-0.15, -0.1) is 0 Å². The second kappa shape index (κ2) is 10.4. The summed E-state index contributed by atoms with van der Waals surface area (Å²) in [6.07, 6.45) is 4.78. The zero-order valence-electron chi connectivity index (χ0n) is 20.5. The molecule has 1 unspecified atom stereocenters. The molecule has 1 amide bonds. The normalized spacial score (nSPS) is 18.9. The number of anilines is 2. The predicted octanol–water partition coefficient (Wildman–Crippen LogP) is 4.20. The molecule has 1 N–H and O–H groups in total. The van der Waals surface area contributed by atoms with Gasteiger partial charge in [-0.2, -0.15) is 4.31 Å². The van der Waals surface area contributed by atoms with Crippen LogP contribution in [0.5, 0.6) is 0 Å². The van der Waals surface area contributed by atoms with Gasteiger partial charge in [0.15, 0.2) is 0 Å². The van der Waals surface area contributed by atoms with Gasteiger partial charge in [-0.1, -0.05) is 12.5 Å². The van der Waals surface area contributed by atoms with Gasteiger partial charge in [0.05, 0.1) is 28.9 Å². The molecular formula is C26H33N3O5S. The Balaban J connectivity index is 1.67. The number of hydrogen-bond acceptors (Lipinski definition) is 6. The number of nitrogens with zero attached hydrogens (tertiary/aromatic N) is 2. The average molecular weight is 500 g/mol. The second-order valence-corrected chi connectivity index (χ2v) is 11.2. The summed E-state index contributed by atoms with van der Waals surface area (Å²) < 4.78 is 33.1. The molecule has 1 atom stereocenters. The first-order chi connectivity index (χ1) is 16.7. The van der Waals surface area contributed by atoms with Crippen LogP contribution in [0.15, 0.2) is 41.3 Å². The fraction of sp³-hybridized carbons (Fsp3) is 0.462. The van der Waals surface area contributed by atoms with E-state index in [9.17, 15) is 18.0 Å². The minimum Gasteiger partial charge on any atom is -0.465 e. The summed E-state index contributed by atoms with van der Waals surface area (Å²) in [7, 11) is -2.40. The molecule has 2 aromatic carbocycles. The summed E-state index contributed by atoms with van der Waals surface area (Å²) in [5.41, 5.74) is 2.61. The Morgan fingerprint density at radius 3 is 2.40 bits per heavy atom. The van der Waals surface area contributed by atoms with Crippen LogP contribution in [-0.2, 0) is 14.8 Å². The summed E-state index contributed by atoms with van der Waals surface area (Å²) in [6, 6.07) is 9.74. The first-order valence-corrected chi connectivity index (χ1v) is 13.6. The molecule has 2 aliphatic rings. The lowest BCUT2D eigenvalue weighted by Crippen LogP contribution is -2.42. The van der Waals surface area contributed by atoms with E-state index in [1.807, 2.05) is 13.0 Å². The fourth-order valence-electron chi connectivity index (χ4n) is 4.87. The number of amides is 1. The Morgan fingerprint density at radius 2 is 1.71 bits per heavy atom. The number of nitrogens with one attached hydrogen (secondary N) is 1. The summed E-state index contributed by atoms with van der Waals surface area (Å²) in [6.45, 7) is 5.91. The van der Waals surface area contributed by atoms with Crippen molar-refractivity contribution in [3.05, 3.63) is 53.1 Å². The number of hydrogen-bond donors (Lipinski definition) is 1. The highest BCUT2D eigenvalue weighted by molar-refractivity contribution is 7.89. The SMILES string of the molecule is COC(=O)c1ccc(N2CCCC2)c(NC(=O)c2cc(S(=O)(=O)N3CCCCC3C)ccc2C)c1. The lowest BCUT2D eigenvalue weighted by atomic mass is 10.1. The summed E-state index contributed by atoms with van der Waals surface area (Å²) in [5.74, 6) is -0.915. The Bertz CT molecular complexity index is 1220. The topological polar surface area (TPSA) is 96.0 Å². The molecule has 2 fully saturated rings. The molecule has 4 rings (SSSR count). The van der Waals surface area contributed by atoms with Gasteiger partial charge in [0.2, 0.25) is 10.0 Å². The van der Waals surface area contributed by atoms with Crippen LogP contribution in [0.1, 0.15) is 65.3 Å². The number of esters is 1. The molecular weight excluding hydrogens is 466 g/mol. The van der Waals surface area contributed by atoms with Crippen LogP contribution in [0.25, 0.3) is 0 Å². The number of carbonyl (C=O) groups is 2. The van der Waals surface area contributed by atoms with Crippen LogP contribution in [-0.4, -0.2) is 57.4 Å². The van der Waals surface area contributed by atoms with Gasteiger partial charge in [0.25, 0.3) is 5.91 Å². The van der Waals surface area contributed by atoms with E-state index < -0.39 is 21.9 Å². The van der Waals surface area contributed by atoms with Crippen LogP contribution >= 0.6 is 0 Å². The van der Waals surface area contributed by atoms with E-state index in [2.05, 4.69) is 10.2 Å². The third kappa shape index (κ3) is 5.21. The van der Waals surface area contributed by atoms with Gasteiger partial charge in [-0.05, 0) is 75.4 Å². The lowest BCUT2D eigenvalue weighted by molar-refractivity contribution is 0.0600. The van der Waals surface area contributed by atoms with Crippen LogP contribution in [0.4, 0.5) is 11.4 Å². The van der Waals surface area contributed by atoms with Gasteiger partial charge in [-0.3, -0.25) is 4.79 Å². The van der Waals surface area contributed by atoms with Crippen molar-refractivity contribution in [1.29, 1.82) is 0 Å². The molecule has 2 aromatic rings.